The van der Waals surface area contributed by atoms with Gasteiger partial charge in [-0.05, 0) is 35.7 Å². The van der Waals surface area contributed by atoms with Gasteiger partial charge in [0.15, 0.2) is 0 Å². The Kier molecular flexibility index (Phi) is 7.22. The summed E-state index contributed by atoms with van der Waals surface area (Å²) < 4.78 is 18.6. The monoisotopic (exact) mass is 331 g/mol. The Labute approximate surface area is 143 Å². The number of nitrogens with zero attached hydrogens (tertiary/aromatic N) is 1. The van der Waals surface area contributed by atoms with Crippen molar-refractivity contribution in [1.29, 1.82) is 0 Å². The normalized spacial score (nSPS) is 12.6. The Balaban J connectivity index is 1.88. The van der Waals surface area contributed by atoms with E-state index < -0.39 is 6.10 Å². The number of hydrogen-bond acceptors (Lipinski definition) is 3. The van der Waals surface area contributed by atoms with Crippen molar-refractivity contribution < 1.29 is 14.2 Å². The zero-order valence-electron chi connectivity index (χ0n) is 14.4. The van der Waals surface area contributed by atoms with E-state index in [1.165, 1.54) is 12.1 Å². The molecule has 0 aliphatic carbocycles. The number of aliphatic hydroxyl groups excluding tert-OH is 1. The third-order valence-corrected chi connectivity index (χ3v) is 3.60. The topological polar surface area (TPSA) is 32.7 Å². The summed E-state index contributed by atoms with van der Waals surface area (Å²) in [5, 5.41) is 10.3. The van der Waals surface area contributed by atoms with Gasteiger partial charge in [-0.2, -0.15) is 0 Å². The molecule has 0 saturated carbocycles. The minimum Gasteiger partial charge on any atom is -0.491 e. The fraction of sp³-hybridized carbons (Fsp3) is 0.400. The molecular formula is C20H26FNO2. The highest BCUT2D eigenvalue weighted by molar-refractivity contribution is 5.21. The van der Waals surface area contributed by atoms with Crippen LogP contribution in [0.3, 0.4) is 0 Å². The average molecular weight is 331 g/mol. The molecule has 3 nitrogen and oxygen atoms in total. The Hall–Kier alpha value is -1.91. The predicted molar refractivity (Wildman–Crippen MR) is 94.5 cm³/mol. The van der Waals surface area contributed by atoms with Gasteiger partial charge in [0.2, 0.25) is 0 Å². The van der Waals surface area contributed by atoms with E-state index in [2.05, 4.69) is 18.7 Å². The van der Waals surface area contributed by atoms with Crippen LogP contribution in [0.15, 0.2) is 54.6 Å². The Morgan fingerprint density at radius 3 is 2.29 bits per heavy atom. The summed E-state index contributed by atoms with van der Waals surface area (Å²) in [6, 6.07) is 16.0. The van der Waals surface area contributed by atoms with Crippen LogP contribution >= 0.6 is 0 Å². The van der Waals surface area contributed by atoms with Crippen molar-refractivity contribution in [3.05, 3.63) is 66.0 Å². The van der Waals surface area contributed by atoms with Crippen molar-refractivity contribution in [1.82, 2.24) is 4.90 Å². The lowest BCUT2D eigenvalue weighted by atomic mass is 10.1. The molecule has 0 heterocycles. The van der Waals surface area contributed by atoms with Crippen LogP contribution in [0.2, 0.25) is 0 Å². The largest absolute Gasteiger partial charge is 0.491 e. The highest BCUT2D eigenvalue weighted by Crippen LogP contribution is 2.12. The van der Waals surface area contributed by atoms with Crippen molar-refractivity contribution in [2.24, 2.45) is 5.92 Å². The molecule has 2 aromatic carbocycles. The van der Waals surface area contributed by atoms with Gasteiger partial charge in [-0.3, -0.25) is 4.90 Å². The number of benzene rings is 2. The smallest absolute Gasteiger partial charge is 0.123 e. The third kappa shape index (κ3) is 6.69. The summed E-state index contributed by atoms with van der Waals surface area (Å²) >= 11 is 0. The Morgan fingerprint density at radius 1 is 1.00 bits per heavy atom. The maximum Gasteiger partial charge on any atom is 0.123 e. The van der Waals surface area contributed by atoms with E-state index in [4.69, 9.17) is 4.74 Å². The van der Waals surface area contributed by atoms with Crippen molar-refractivity contribution in [2.45, 2.75) is 26.5 Å². The minimum atomic E-state index is -0.579. The van der Waals surface area contributed by atoms with E-state index in [-0.39, 0.29) is 12.4 Å². The fourth-order valence-electron chi connectivity index (χ4n) is 2.63. The molecule has 0 radical (unpaired) electrons. The van der Waals surface area contributed by atoms with Crippen LogP contribution < -0.4 is 4.74 Å². The van der Waals surface area contributed by atoms with Crippen molar-refractivity contribution in [3.63, 3.8) is 0 Å². The van der Waals surface area contributed by atoms with E-state index in [1.807, 2.05) is 30.3 Å². The summed E-state index contributed by atoms with van der Waals surface area (Å²) in [5.74, 6) is 1.00. The fourth-order valence-corrected chi connectivity index (χ4v) is 2.63. The molecule has 130 valence electrons. The van der Waals surface area contributed by atoms with Crippen LogP contribution in [0, 0.1) is 11.7 Å². The molecule has 1 unspecified atom stereocenters. The van der Waals surface area contributed by atoms with E-state index in [9.17, 15) is 9.50 Å². The first-order valence-electron chi connectivity index (χ1n) is 8.35. The number of rotatable bonds is 9. The zero-order valence-corrected chi connectivity index (χ0v) is 14.4. The molecular weight excluding hydrogens is 305 g/mol. The number of aliphatic hydroxyl groups is 1. The van der Waals surface area contributed by atoms with Crippen LogP contribution in [0.4, 0.5) is 4.39 Å². The molecule has 4 heteroatoms. The second kappa shape index (κ2) is 9.40. The van der Waals surface area contributed by atoms with Gasteiger partial charge in [-0.25, -0.2) is 4.39 Å². The molecule has 0 amide bonds. The number of para-hydroxylation sites is 1. The molecule has 0 aliphatic rings. The highest BCUT2D eigenvalue weighted by Gasteiger charge is 2.14. The molecule has 2 aromatic rings. The molecule has 1 atom stereocenters. The molecule has 0 fully saturated rings. The van der Waals surface area contributed by atoms with E-state index in [1.54, 1.807) is 12.1 Å². The summed E-state index contributed by atoms with van der Waals surface area (Å²) in [5.41, 5.74) is 1.04. The molecule has 0 aliphatic heterocycles. The Morgan fingerprint density at radius 2 is 1.67 bits per heavy atom. The summed E-state index contributed by atoms with van der Waals surface area (Å²) in [6.45, 7) is 6.60. The van der Waals surface area contributed by atoms with Gasteiger partial charge in [-0.15, -0.1) is 0 Å². The van der Waals surface area contributed by atoms with Gasteiger partial charge in [-0.1, -0.05) is 44.2 Å². The number of ether oxygens (including phenoxy) is 1. The van der Waals surface area contributed by atoms with E-state index in [0.29, 0.717) is 19.0 Å². The van der Waals surface area contributed by atoms with Crippen LogP contribution in [0.1, 0.15) is 19.4 Å². The zero-order chi connectivity index (χ0) is 17.4. The first-order chi connectivity index (χ1) is 11.5. The lowest BCUT2D eigenvalue weighted by Crippen LogP contribution is -2.37. The van der Waals surface area contributed by atoms with Crippen molar-refractivity contribution in [3.8, 4) is 5.75 Å². The van der Waals surface area contributed by atoms with Crippen LogP contribution in [-0.2, 0) is 6.54 Å². The Bertz CT molecular complexity index is 586. The van der Waals surface area contributed by atoms with E-state index >= 15 is 0 Å². The predicted octanol–water partition coefficient (Wildman–Crippen LogP) is 3.72. The third-order valence-electron chi connectivity index (χ3n) is 3.60. The first-order valence-corrected chi connectivity index (χ1v) is 8.35. The van der Waals surface area contributed by atoms with Gasteiger partial charge in [0.25, 0.3) is 0 Å². The van der Waals surface area contributed by atoms with Gasteiger partial charge in [0, 0.05) is 19.6 Å². The molecule has 2 rings (SSSR count). The van der Waals surface area contributed by atoms with Crippen molar-refractivity contribution >= 4 is 0 Å². The summed E-state index contributed by atoms with van der Waals surface area (Å²) in [7, 11) is 0. The van der Waals surface area contributed by atoms with Crippen LogP contribution in [-0.4, -0.2) is 35.8 Å². The lowest BCUT2D eigenvalue weighted by Gasteiger charge is -2.27. The van der Waals surface area contributed by atoms with Crippen LogP contribution in [0.5, 0.6) is 5.75 Å². The van der Waals surface area contributed by atoms with Gasteiger partial charge < -0.3 is 9.84 Å². The van der Waals surface area contributed by atoms with E-state index in [0.717, 1.165) is 17.9 Å². The first kappa shape index (κ1) is 18.4. The quantitative estimate of drug-likeness (QED) is 0.760. The number of halogens is 1. The van der Waals surface area contributed by atoms with Crippen molar-refractivity contribution in [2.75, 3.05) is 19.7 Å². The molecule has 1 N–H and O–H groups in total. The standard InChI is InChI=1S/C20H26FNO2/c1-16(2)12-22(13-17-8-10-18(21)11-9-17)14-19(23)15-24-20-6-4-3-5-7-20/h3-11,16,19,23H,12-15H2,1-2H3. The highest BCUT2D eigenvalue weighted by atomic mass is 19.1. The molecule has 0 spiro atoms. The summed E-state index contributed by atoms with van der Waals surface area (Å²) in [4.78, 5) is 2.18. The van der Waals surface area contributed by atoms with Gasteiger partial charge in [0.1, 0.15) is 24.3 Å². The maximum absolute atomic E-state index is 13.0. The van der Waals surface area contributed by atoms with Crippen LogP contribution in [0.25, 0.3) is 0 Å². The second-order valence-electron chi connectivity index (χ2n) is 6.49. The number of hydrogen-bond donors (Lipinski definition) is 1. The summed E-state index contributed by atoms with van der Waals surface area (Å²) in [6.07, 6.45) is -0.579. The SMILES string of the molecule is CC(C)CN(Cc1ccc(F)cc1)CC(O)COc1ccccc1. The molecule has 0 aromatic heterocycles. The maximum atomic E-state index is 13.0. The molecule has 0 saturated heterocycles. The lowest BCUT2D eigenvalue weighted by molar-refractivity contribution is 0.0615. The molecule has 0 bridgehead atoms. The van der Waals surface area contributed by atoms with Gasteiger partial charge in [0.05, 0.1) is 0 Å². The van der Waals surface area contributed by atoms with Gasteiger partial charge >= 0.3 is 0 Å². The minimum absolute atomic E-state index is 0.231. The second-order valence-corrected chi connectivity index (χ2v) is 6.49. The average Bonchev–Trinajstić information content (AvgIpc) is 2.55. The molecule has 24 heavy (non-hydrogen) atoms.